The van der Waals surface area contributed by atoms with Crippen molar-refractivity contribution in [2.75, 3.05) is 0 Å². The quantitative estimate of drug-likeness (QED) is 0.627. The summed E-state index contributed by atoms with van der Waals surface area (Å²) in [7, 11) is 0. The molecule has 0 amide bonds. The van der Waals surface area contributed by atoms with Gasteiger partial charge in [0.2, 0.25) is 0 Å². The van der Waals surface area contributed by atoms with Crippen LogP contribution in [0.3, 0.4) is 0 Å². The third-order valence-corrected chi connectivity index (χ3v) is 2.55. The molecule has 1 aromatic rings. The lowest BCUT2D eigenvalue weighted by Gasteiger charge is -2.05. The fourth-order valence-corrected chi connectivity index (χ4v) is 1.79. The van der Waals surface area contributed by atoms with Crippen molar-refractivity contribution in [1.29, 1.82) is 0 Å². The van der Waals surface area contributed by atoms with E-state index in [1.54, 1.807) is 11.9 Å². The Morgan fingerprint density at radius 2 is 1.86 bits per heavy atom. The van der Waals surface area contributed by atoms with Gasteiger partial charge < -0.3 is 0 Å². The van der Waals surface area contributed by atoms with Crippen molar-refractivity contribution in [3.63, 3.8) is 0 Å². The Labute approximate surface area is 90.1 Å². The predicted octanol–water partition coefficient (Wildman–Crippen LogP) is 4.18. The smallest absolute Gasteiger partial charge is 0.0341 e. The molecule has 1 aliphatic rings. The van der Waals surface area contributed by atoms with E-state index in [0.717, 1.165) is 6.42 Å². The van der Waals surface area contributed by atoms with Crippen LogP contribution in [0.2, 0.25) is 0 Å². The Kier molecular flexibility index (Phi) is 5.08. The third kappa shape index (κ3) is 3.04. The summed E-state index contributed by atoms with van der Waals surface area (Å²) in [5.74, 6) is 0. The van der Waals surface area contributed by atoms with Gasteiger partial charge in [-0.2, -0.15) is 0 Å². The molecule has 1 aromatic carbocycles. The number of hydrogen-bond donors (Lipinski definition) is 0. The van der Waals surface area contributed by atoms with Gasteiger partial charge in [0.1, 0.15) is 0 Å². The topological polar surface area (TPSA) is 12.4 Å². The molecule has 0 aromatic heterocycles. The van der Waals surface area contributed by atoms with Crippen molar-refractivity contribution >= 4 is 23.1 Å². The highest BCUT2D eigenvalue weighted by Crippen LogP contribution is 2.30. The van der Waals surface area contributed by atoms with Crippen molar-refractivity contribution < 1.29 is 0 Å². The standard InChI is InChI=1S/C10H9NS.C2H6/c1-2-5-9(6-3-1)10-7-4-8-11-12-10;1-2/h1-3,5-8H,4H2;1-2H3. The Morgan fingerprint density at radius 3 is 2.43 bits per heavy atom. The van der Waals surface area contributed by atoms with Crippen LogP contribution in [0.4, 0.5) is 0 Å². The van der Waals surface area contributed by atoms with E-state index in [1.165, 1.54) is 10.5 Å². The molecular formula is C12H15NS. The van der Waals surface area contributed by atoms with Crippen LogP contribution in [0, 0.1) is 0 Å². The normalized spacial score (nSPS) is 14.0. The maximum Gasteiger partial charge on any atom is 0.0341 e. The molecule has 1 nitrogen and oxygen atoms in total. The lowest BCUT2D eigenvalue weighted by Crippen LogP contribution is -1.83. The van der Waals surface area contributed by atoms with Crippen LogP contribution in [-0.4, -0.2) is 6.21 Å². The van der Waals surface area contributed by atoms with Gasteiger partial charge in [-0.15, -0.1) is 0 Å². The lowest BCUT2D eigenvalue weighted by molar-refractivity contribution is 1.50. The van der Waals surface area contributed by atoms with E-state index in [4.69, 9.17) is 0 Å². The monoisotopic (exact) mass is 205 g/mol. The van der Waals surface area contributed by atoms with Gasteiger partial charge in [0.25, 0.3) is 0 Å². The summed E-state index contributed by atoms with van der Waals surface area (Å²) in [6.07, 6.45) is 5.08. The van der Waals surface area contributed by atoms with E-state index in [-0.39, 0.29) is 0 Å². The molecule has 0 aliphatic carbocycles. The van der Waals surface area contributed by atoms with Crippen LogP contribution in [0.1, 0.15) is 25.8 Å². The van der Waals surface area contributed by atoms with E-state index in [2.05, 4.69) is 34.7 Å². The van der Waals surface area contributed by atoms with Crippen molar-refractivity contribution in [2.24, 2.45) is 4.40 Å². The van der Waals surface area contributed by atoms with Gasteiger partial charge in [0.15, 0.2) is 0 Å². The molecule has 0 fully saturated rings. The van der Waals surface area contributed by atoms with Crippen LogP contribution in [0.5, 0.6) is 0 Å². The second kappa shape index (κ2) is 6.44. The summed E-state index contributed by atoms with van der Waals surface area (Å²) in [4.78, 5) is 1.26. The minimum atomic E-state index is 0.956. The molecule has 0 unspecified atom stereocenters. The average molecular weight is 205 g/mol. The van der Waals surface area contributed by atoms with Crippen LogP contribution in [0.25, 0.3) is 4.91 Å². The van der Waals surface area contributed by atoms with E-state index >= 15 is 0 Å². The third-order valence-electron chi connectivity index (χ3n) is 1.69. The van der Waals surface area contributed by atoms with Crippen LogP contribution in [-0.2, 0) is 0 Å². The minimum absolute atomic E-state index is 0.956. The number of rotatable bonds is 1. The summed E-state index contributed by atoms with van der Waals surface area (Å²) in [5.41, 5.74) is 1.26. The van der Waals surface area contributed by atoms with Gasteiger partial charge in [-0.1, -0.05) is 50.3 Å². The first-order chi connectivity index (χ1) is 6.97. The number of benzene rings is 1. The molecule has 0 atom stereocenters. The molecule has 14 heavy (non-hydrogen) atoms. The van der Waals surface area contributed by atoms with E-state index in [0.29, 0.717) is 0 Å². The Balaban J connectivity index is 0.000000461. The van der Waals surface area contributed by atoms with Crippen molar-refractivity contribution in [1.82, 2.24) is 0 Å². The van der Waals surface area contributed by atoms with Gasteiger partial charge in [0, 0.05) is 29.5 Å². The molecule has 0 saturated carbocycles. The average Bonchev–Trinajstić information content (AvgIpc) is 2.34. The molecule has 2 rings (SSSR count). The zero-order chi connectivity index (χ0) is 10.2. The number of allylic oxidation sites excluding steroid dienone is 1. The summed E-state index contributed by atoms with van der Waals surface area (Å²) in [5, 5.41) is 0. The summed E-state index contributed by atoms with van der Waals surface area (Å²) in [6.45, 7) is 4.00. The molecule has 0 radical (unpaired) electrons. The molecular weight excluding hydrogens is 190 g/mol. The maximum atomic E-state index is 4.16. The van der Waals surface area contributed by atoms with E-state index < -0.39 is 0 Å². The molecule has 1 heterocycles. The second-order valence-electron chi connectivity index (χ2n) is 2.55. The first-order valence-corrected chi connectivity index (χ1v) is 5.68. The van der Waals surface area contributed by atoms with Crippen molar-refractivity contribution in [2.45, 2.75) is 20.3 Å². The van der Waals surface area contributed by atoms with Crippen LogP contribution >= 0.6 is 11.9 Å². The van der Waals surface area contributed by atoms with Crippen molar-refractivity contribution in [3.05, 3.63) is 42.0 Å². The highest BCUT2D eigenvalue weighted by atomic mass is 32.2. The largest absolute Gasteiger partial charge is 0.223 e. The van der Waals surface area contributed by atoms with Gasteiger partial charge in [-0.05, 0) is 5.56 Å². The second-order valence-corrected chi connectivity index (χ2v) is 3.38. The summed E-state index contributed by atoms with van der Waals surface area (Å²) >= 11 is 1.55. The Bertz CT molecular complexity index is 314. The SMILES string of the molecule is C1=NSC(c2ccccc2)=CC1.CC. The zero-order valence-corrected chi connectivity index (χ0v) is 9.42. The molecule has 0 N–H and O–H groups in total. The van der Waals surface area contributed by atoms with Crippen LogP contribution < -0.4 is 0 Å². The molecule has 0 bridgehead atoms. The molecule has 74 valence electrons. The Hall–Kier alpha value is -1.02. The Morgan fingerprint density at radius 1 is 1.14 bits per heavy atom. The minimum Gasteiger partial charge on any atom is -0.223 e. The number of nitrogens with zero attached hydrogens (tertiary/aromatic N) is 1. The van der Waals surface area contributed by atoms with Gasteiger partial charge in [-0.25, -0.2) is 4.40 Å². The maximum absolute atomic E-state index is 4.16. The lowest BCUT2D eigenvalue weighted by atomic mass is 10.2. The zero-order valence-electron chi connectivity index (χ0n) is 8.60. The first kappa shape index (κ1) is 11.1. The van der Waals surface area contributed by atoms with Crippen LogP contribution in [0.15, 0.2) is 40.8 Å². The number of hydrogen-bond acceptors (Lipinski definition) is 2. The molecule has 2 heteroatoms. The molecule has 0 saturated heterocycles. The summed E-state index contributed by atoms with van der Waals surface area (Å²) < 4.78 is 4.16. The predicted molar refractivity (Wildman–Crippen MR) is 66.5 cm³/mol. The van der Waals surface area contributed by atoms with E-state index in [1.807, 2.05) is 26.1 Å². The fraction of sp³-hybridized carbons (Fsp3) is 0.250. The molecule has 0 spiro atoms. The van der Waals surface area contributed by atoms with Gasteiger partial charge >= 0.3 is 0 Å². The van der Waals surface area contributed by atoms with Crippen molar-refractivity contribution in [3.8, 4) is 0 Å². The summed E-state index contributed by atoms with van der Waals surface area (Å²) in [6, 6.07) is 10.4. The van der Waals surface area contributed by atoms with E-state index in [9.17, 15) is 0 Å². The first-order valence-electron chi connectivity index (χ1n) is 4.91. The highest BCUT2D eigenvalue weighted by Gasteiger charge is 2.02. The van der Waals surface area contributed by atoms with Gasteiger partial charge in [0.05, 0.1) is 0 Å². The van der Waals surface area contributed by atoms with Gasteiger partial charge in [-0.3, -0.25) is 0 Å². The molecule has 1 aliphatic heterocycles. The highest BCUT2D eigenvalue weighted by molar-refractivity contribution is 8.07. The fourth-order valence-electron chi connectivity index (χ4n) is 1.11.